The van der Waals surface area contributed by atoms with Crippen molar-refractivity contribution in [2.75, 3.05) is 33.0 Å². The summed E-state index contributed by atoms with van der Waals surface area (Å²) in [5.74, 6) is 0.597. The van der Waals surface area contributed by atoms with Crippen LogP contribution < -0.4 is 9.47 Å². The fourth-order valence-corrected chi connectivity index (χ4v) is 3.43. The molecular weight excluding hydrogens is 413 g/mol. The van der Waals surface area contributed by atoms with Crippen molar-refractivity contribution in [1.82, 2.24) is 9.80 Å². The Bertz CT molecular complexity index is 1030. The van der Waals surface area contributed by atoms with Crippen LogP contribution in [0.3, 0.4) is 0 Å². The number of ether oxygens (including phenoxy) is 2. The summed E-state index contributed by atoms with van der Waals surface area (Å²) in [5.41, 5.74) is -0.0888. The van der Waals surface area contributed by atoms with Gasteiger partial charge in [-0.3, -0.25) is 9.59 Å². The Labute approximate surface area is 176 Å². The number of rotatable bonds is 3. The molecule has 2 aromatic rings. The summed E-state index contributed by atoms with van der Waals surface area (Å²) < 4.78 is 49.2. The first-order chi connectivity index (χ1) is 14.8. The number of nitrogens with zero attached hydrogens (tertiary/aromatic N) is 2. The van der Waals surface area contributed by atoms with Crippen molar-refractivity contribution in [2.45, 2.75) is 6.18 Å². The van der Waals surface area contributed by atoms with Gasteiger partial charge in [-0.15, -0.1) is 0 Å². The molecule has 2 heterocycles. The average Bonchev–Trinajstić information content (AvgIpc) is 3.24. The first kappa shape index (κ1) is 20.8. The van der Waals surface area contributed by atoms with Crippen molar-refractivity contribution in [3.8, 4) is 11.5 Å². The molecule has 162 valence electrons. The Hall–Kier alpha value is -3.49. The quantitative estimate of drug-likeness (QED) is 0.698. The van der Waals surface area contributed by atoms with Crippen molar-refractivity contribution in [1.29, 1.82) is 0 Å². The highest BCUT2D eigenvalue weighted by atomic mass is 19.4. The fourth-order valence-electron chi connectivity index (χ4n) is 3.43. The van der Waals surface area contributed by atoms with Gasteiger partial charge in [0, 0.05) is 37.8 Å². The monoisotopic (exact) mass is 432 g/mol. The second-order valence-corrected chi connectivity index (χ2v) is 7.14. The molecule has 6 nitrogen and oxygen atoms in total. The van der Waals surface area contributed by atoms with E-state index in [0.717, 1.165) is 17.7 Å². The zero-order chi connectivity index (χ0) is 22.0. The van der Waals surface area contributed by atoms with Crippen molar-refractivity contribution in [2.24, 2.45) is 0 Å². The van der Waals surface area contributed by atoms with Gasteiger partial charge in [0.05, 0.1) is 5.56 Å². The van der Waals surface area contributed by atoms with Crippen molar-refractivity contribution >= 4 is 17.9 Å². The molecule has 31 heavy (non-hydrogen) atoms. The molecule has 0 aromatic heterocycles. The number of hydrogen-bond donors (Lipinski definition) is 0. The molecule has 2 aromatic carbocycles. The molecule has 0 unspecified atom stereocenters. The predicted molar refractivity (Wildman–Crippen MR) is 106 cm³/mol. The number of carbonyl (C=O) groups excluding carboxylic acids is 2. The minimum atomic E-state index is -4.51. The van der Waals surface area contributed by atoms with E-state index in [4.69, 9.17) is 9.47 Å². The molecule has 1 saturated heterocycles. The van der Waals surface area contributed by atoms with Gasteiger partial charge in [-0.2, -0.15) is 13.2 Å². The third-order valence-electron chi connectivity index (χ3n) is 5.13. The van der Waals surface area contributed by atoms with Crippen molar-refractivity contribution < 1.29 is 32.2 Å². The lowest BCUT2D eigenvalue weighted by atomic mass is 10.1. The number of alkyl halides is 3. The topological polar surface area (TPSA) is 59.1 Å². The lowest BCUT2D eigenvalue weighted by Gasteiger charge is -2.34. The van der Waals surface area contributed by atoms with Gasteiger partial charge >= 0.3 is 6.18 Å². The Morgan fingerprint density at radius 1 is 0.903 bits per heavy atom. The number of piperazine rings is 1. The van der Waals surface area contributed by atoms with E-state index in [0.29, 0.717) is 24.6 Å². The van der Waals surface area contributed by atoms with Gasteiger partial charge in [0.25, 0.3) is 5.91 Å². The second-order valence-electron chi connectivity index (χ2n) is 7.14. The summed E-state index contributed by atoms with van der Waals surface area (Å²) in [5, 5.41) is 0. The standard InChI is InChI=1S/C22H19F3N2O4/c23-22(24,25)17-3-1-2-16(13-17)21(29)27-10-8-26(9-11-27)20(28)7-5-15-4-6-18-19(12-15)31-14-30-18/h1-7,12-13H,8-11,14H2/b7-5+. The lowest BCUT2D eigenvalue weighted by molar-refractivity contribution is -0.137. The Kier molecular flexibility index (Phi) is 5.58. The molecule has 0 spiro atoms. The zero-order valence-electron chi connectivity index (χ0n) is 16.4. The first-order valence-electron chi connectivity index (χ1n) is 9.64. The van der Waals surface area contributed by atoms with Crippen molar-refractivity contribution in [3.05, 3.63) is 65.2 Å². The smallest absolute Gasteiger partial charge is 0.416 e. The van der Waals surface area contributed by atoms with E-state index in [1.165, 1.54) is 23.1 Å². The number of benzene rings is 2. The van der Waals surface area contributed by atoms with E-state index in [1.807, 2.05) is 6.07 Å². The molecule has 9 heteroatoms. The molecule has 0 radical (unpaired) electrons. The van der Waals surface area contributed by atoms with Gasteiger partial charge in [0.2, 0.25) is 12.7 Å². The molecule has 1 fully saturated rings. The van der Waals surface area contributed by atoms with E-state index < -0.39 is 17.6 Å². The van der Waals surface area contributed by atoms with E-state index >= 15 is 0 Å². The molecule has 0 saturated carbocycles. The Morgan fingerprint density at radius 2 is 1.61 bits per heavy atom. The third kappa shape index (κ3) is 4.65. The second kappa shape index (κ2) is 8.33. The molecule has 2 amide bonds. The summed E-state index contributed by atoms with van der Waals surface area (Å²) in [6.07, 6.45) is -1.39. The molecular formula is C22H19F3N2O4. The molecule has 0 atom stereocenters. The first-order valence-corrected chi connectivity index (χ1v) is 9.64. The fraction of sp³-hybridized carbons (Fsp3) is 0.273. The van der Waals surface area contributed by atoms with E-state index in [9.17, 15) is 22.8 Å². The lowest BCUT2D eigenvalue weighted by Crippen LogP contribution is -2.50. The van der Waals surface area contributed by atoms with E-state index in [1.54, 1.807) is 23.1 Å². The number of hydrogen-bond acceptors (Lipinski definition) is 4. The zero-order valence-corrected chi connectivity index (χ0v) is 16.4. The number of fused-ring (bicyclic) bond motifs is 1. The van der Waals surface area contributed by atoms with Crippen LogP contribution in [0.15, 0.2) is 48.5 Å². The molecule has 4 rings (SSSR count). The van der Waals surface area contributed by atoms with Gasteiger partial charge in [0.15, 0.2) is 11.5 Å². The summed E-state index contributed by atoms with van der Waals surface area (Å²) in [4.78, 5) is 28.1. The Morgan fingerprint density at radius 3 is 2.35 bits per heavy atom. The minimum Gasteiger partial charge on any atom is -0.454 e. The van der Waals surface area contributed by atoms with Gasteiger partial charge in [-0.1, -0.05) is 12.1 Å². The minimum absolute atomic E-state index is 0.0164. The van der Waals surface area contributed by atoms with Crippen LogP contribution in [0.5, 0.6) is 11.5 Å². The largest absolute Gasteiger partial charge is 0.454 e. The van der Waals surface area contributed by atoms with Crippen molar-refractivity contribution in [3.63, 3.8) is 0 Å². The third-order valence-corrected chi connectivity index (χ3v) is 5.13. The van der Waals surface area contributed by atoms with E-state index in [2.05, 4.69) is 0 Å². The van der Waals surface area contributed by atoms with Crippen LogP contribution in [0.2, 0.25) is 0 Å². The maximum Gasteiger partial charge on any atom is 0.416 e. The van der Waals surface area contributed by atoms with Gasteiger partial charge < -0.3 is 19.3 Å². The molecule has 2 aliphatic rings. The molecule has 0 aliphatic carbocycles. The van der Waals surface area contributed by atoms with Gasteiger partial charge in [-0.05, 0) is 42.0 Å². The predicted octanol–water partition coefficient (Wildman–Crippen LogP) is 3.43. The van der Waals surface area contributed by atoms with Crippen LogP contribution in [0, 0.1) is 0 Å². The summed E-state index contributed by atoms with van der Waals surface area (Å²) >= 11 is 0. The van der Waals surface area contributed by atoms with Crippen LogP contribution in [0.4, 0.5) is 13.2 Å². The molecule has 0 bridgehead atoms. The number of carbonyl (C=O) groups is 2. The molecule has 2 aliphatic heterocycles. The van der Waals surface area contributed by atoms with Crippen LogP contribution >= 0.6 is 0 Å². The average molecular weight is 432 g/mol. The highest BCUT2D eigenvalue weighted by molar-refractivity contribution is 5.95. The summed E-state index contributed by atoms with van der Waals surface area (Å²) in [7, 11) is 0. The number of amides is 2. The van der Waals surface area contributed by atoms with Crippen LogP contribution in [0.1, 0.15) is 21.5 Å². The maximum atomic E-state index is 12.9. The van der Waals surface area contributed by atoms with Gasteiger partial charge in [-0.25, -0.2) is 0 Å². The van der Waals surface area contributed by atoms with Crippen LogP contribution in [-0.4, -0.2) is 54.6 Å². The highest BCUT2D eigenvalue weighted by Crippen LogP contribution is 2.33. The van der Waals surface area contributed by atoms with E-state index in [-0.39, 0.29) is 31.4 Å². The number of halogens is 3. The highest BCUT2D eigenvalue weighted by Gasteiger charge is 2.32. The normalized spacial score (nSPS) is 16.1. The SMILES string of the molecule is O=C(/C=C/c1ccc2c(c1)OCO2)N1CCN(C(=O)c2cccc(C(F)(F)F)c2)CC1. The summed E-state index contributed by atoms with van der Waals surface area (Å²) in [6.45, 7) is 1.27. The maximum absolute atomic E-state index is 12.9. The van der Waals surface area contributed by atoms with Crippen LogP contribution in [0.25, 0.3) is 6.08 Å². The summed E-state index contributed by atoms with van der Waals surface area (Å²) in [6, 6.07) is 9.72. The Balaban J connectivity index is 1.34. The van der Waals surface area contributed by atoms with Gasteiger partial charge in [0.1, 0.15) is 0 Å². The van der Waals surface area contributed by atoms with Crippen LogP contribution in [-0.2, 0) is 11.0 Å². The molecule has 0 N–H and O–H groups in total.